The highest BCUT2D eigenvalue weighted by Crippen LogP contribution is 2.30. The van der Waals surface area contributed by atoms with Crippen LogP contribution in [-0.2, 0) is 14.9 Å². The van der Waals surface area contributed by atoms with Gasteiger partial charge in [-0.15, -0.1) is 0 Å². The van der Waals surface area contributed by atoms with Gasteiger partial charge in [0.15, 0.2) is 0 Å². The van der Waals surface area contributed by atoms with E-state index in [-0.39, 0.29) is 17.6 Å². The lowest BCUT2D eigenvalue weighted by atomic mass is 9.91. The predicted octanol–water partition coefficient (Wildman–Crippen LogP) is 1.92. The molecule has 26 heavy (non-hydrogen) atoms. The first-order valence-corrected chi connectivity index (χ1v) is 10.4. The van der Waals surface area contributed by atoms with Gasteiger partial charge in [0.2, 0.25) is 0 Å². The molecule has 144 valence electrons. The van der Waals surface area contributed by atoms with Crippen molar-refractivity contribution in [2.24, 2.45) is 0 Å². The number of piperidine rings is 2. The molecule has 0 aliphatic carbocycles. The van der Waals surface area contributed by atoms with Crippen molar-refractivity contribution in [3.63, 3.8) is 0 Å². The van der Waals surface area contributed by atoms with E-state index in [0.717, 1.165) is 31.2 Å². The zero-order valence-corrected chi connectivity index (χ0v) is 15.8. The van der Waals surface area contributed by atoms with Crippen molar-refractivity contribution in [2.75, 3.05) is 33.3 Å². The summed E-state index contributed by atoms with van der Waals surface area (Å²) in [5.41, 5.74) is 1.24. The molecule has 1 N–H and O–H groups in total. The zero-order valence-electron chi connectivity index (χ0n) is 15.0. The van der Waals surface area contributed by atoms with Crippen LogP contribution in [-0.4, -0.2) is 67.5 Å². The van der Waals surface area contributed by atoms with Gasteiger partial charge in [0.1, 0.15) is 0 Å². The quantitative estimate of drug-likeness (QED) is 0.841. The van der Waals surface area contributed by atoms with E-state index in [2.05, 4.69) is 0 Å². The molecule has 0 spiro atoms. The Hall–Kier alpha value is -1.48. The molecular weight excluding hydrogens is 356 g/mol. The van der Waals surface area contributed by atoms with Gasteiger partial charge in [0.05, 0.1) is 11.7 Å². The van der Waals surface area contributed by atoms with Crippen molar-refractivity contribution in [3.8, 4) is 0 Å². The minimum absolute atomic E-state index is 0.0953. The van der Waals surface area contributed by atoms with Crippen LogP contribution in [0.25, 0.3) is 0 Å². The van der Waals surface area contributed by atoms with Crippen molar-refractivity contribution in [1.82, 2.24) is 8.61 Å². The van der Waals surface area contributed by atoms with E-state index in [1.54, 1.807) is 40.0 Å². The molecule has 8 heteroatoms. The number of nitrogens with zero attached hydrogens (tertiary/aromatic N) is 2. The molecule has 0 aromatic heterocycles. The number of benzene rings is 1. The molecule has 0 bridgehead atoms. The number of rotatable bonds is 5. The summed E-state index contributed by atoms with van der Waals surface area (Å²) in [6, 6.07) is 6.77. The number of carbonyl (C=O) groups is 1. The molecule has 2 heterocycles. The van der Waals surface area contributed by atoms with Crippen molar-refractivity contribution in [3.05, 3.63) is 35.4 Å². The average molecular weight is 382 g/mol. The summed E-state index contributed by atoms with van der Waals surface area (Å²) in [5.74, 6) is -0.859. The molecule has 2 aliphatic heterocycles. The zero-order chi connectivity index (χ0) is 18.7. The Morgan fingerprint density at radius 1 is 1.08 bits per heavy atom. The number of carboxylic acids is 1. The van der Waals surface area contributed by atoms with E-state index in [9.17, 15) is 13.2 Å². The van der Waals surface area contributed by atoms with Crippen molar-refractivity contribution in [2.45, 2.75) is 37.7 Å². The third-order valence-corrected chi connectivity index (χ3v) is 7.40. The lowest BCUT2D eigenvalue weighted by molar-refractivity contribution is 0.0588. The van der Waals surface area contributed by atoms with Crippen molar-refractivity contribution in [1.29, 1.82) is 0 Å². The summed E-state index contributed by atoms with van der Waals surface area (Å²) >= 11 is 0. The van der Waals surface area contributed by atoms with E-state index in [0.29, 0.717) is 26.2 Å². The molecule has 2 aliphatic rings. The number of hydrogen-bond acceptors (Lipinski definition) is 4. The predicted molar refractivity (Wildman–Crippen MR) is 97.5 cm³/mol. The average Bonchev–Trinajstić information content (AvgIpc) is 2.68. The number of hydrogen-bond donors (Lipinski definition) is 1. The normalized spacial score (nSPS) is 23.8. The topological polar surface area (TPSA) is 87.2 Å². The van der Waals surface area contributed by atoms with Gasteiger partial charge in [-0.25, -0.2) is 4.79 Å². The molecule has 1 atom stereocenters. The Bertz CT molecular complexity index is 726. The van der Waals surface area contributed by atoms with Crippen LogP contribution in [0.3, 0.4) is 0 Å². The van der Waals surface area contributed by atoms with Gasteiger partial charge >= 0.3 is 5.97 Å². The molecule has 2 saturated heterocycles. The fourth-order valence-electron chi connectivity index (χ4n) is 3.78. The van der Waals surface area contributed by atoms with E-state index in [1.165, 1.54) is 0 Å². The fraction of sp³-hybridized carbons (Fsp3) is 0.611. The Morgan fingerprint density at radius 2 is 1.73 bits per heavy atom. The largest absolute Gasteiger partial charge is 0.478 e. The number of aromatic carboxylic acids is 1. The summed E-state index contributed by atoms with van der Waals surface area (Å²) in [6.07, 6.45) is 3.31. The first-order chi connectivity index (χ1) is 12.4. The van der Waals surface area contributed by atoms with Crippen LogP contribution in [0.4, 0.5) is 0 Å². The second-order valence-electron chi connectivity index (χ2n) is 6.97. The van der Waals surface area contributed by atoms with Gasteiger partial charge in [-0.3, -0.25) is 0 Å². The summed E-state index contributed by atoms with van der Waals surface area (Å²) in [5, 5.41) is 9.01. The van der Waals surface area contributed by atoms with E-state index in [1.807, 2.05) is 0 Å². The monoisotopic (exact) mass is 382 g/mol. The van der Waals surface area contributed by atoms with E-state index < -0.39 is 16.2 Å². The SMILES string of the molecule is COC1CCN(S(=O)(=O)N2CCC[C@@H](c3ccc(C(=O)O)cc3)C2)CC1. The molecule has 7 nitrogen and oxygen atoms in total. The van der Waals surface area contributed by atoms with Crippen LogP contribution >= 0.6 is 0 Å². The third kappa shape index (κ3) is 4.09. The summed E-state index contributed by atoms with van der Waals surface area (Å²) in [7, 11) is -1.80. The summed E-state index contributed by atoms with van der Waals surface area (Å²) < 4.78 is 34.5. The Morgan fingerprint density at radius 3 is 2.31 bits per heavy atom. The lowest BCUT2D eigenvalue weighted by Crippen LogP contribution is -2.50. The Balaban J connectivity index is 1.68. The van der Waals surface area contributed by atoms with Crippen LogP contribution in [0, 0.1) is 0 Å². The van der Waals surface area contributed by atoms with Gasteiger partial charge < -0.3 is 9.84 Å². The second-order valence-corrected chi connectivity index (χ2v) is 8.89. The highest BCUT2D eigenvalue weighted by atomic mass is 32.2. The van der Waals surface area contributed by atoms with Crippen LogP contribution in [0.1, 0.15) is 47.5 Å². The summed E-state index contributed by atoms with van der Waals surface area (Å²) in [4.78, 5) is 11.0. The smallest absolute Gasteiger partial charge is 0.335 e. The number of carboxylic acid groups (broad SMARTS) is 1. The minimum atomic E-state index is -3.46. The van der Waals surface area contributed by atoms with E-state index >= 15 is 0 Å². The second kappa shape index (κ2) is 8.04. The highest BCUT2D eigenvalue weighted by molar-refractivity contribution is 7.86. The van der Waals surface area contributed by atoms with Crippen LogP contribution in [0.5, 0.6) is 0 Å². The highest BCUT2D eigenvalue weighted by Gasteiger charge is 2.36. The van der Waals surface area contributed by atoms with Crippen molar-refractivity contribution >= 4 is 16.2 Å². The lowest BCUT2D eigenvalue weighted by Gasteiger charge is -2.38. The maximum absolute atomic E-state index is 13.0. The Kier molecular flexibility index (Phi) is 5.96. The molecule has 0 radical (unpaired) electrons. The number of methoxy groups -OCH3 is 1. The molecule has 2 fully saturated rings. The van der Waals surface area contributed by atoms with Crippen LogP contribution in [0.2, 0.25) is 0 Å². The van der Waals surface area contributed by atoms with Crippen LogP contribution in [0.15, 0.2) is 24.3 Å². The van der Waals surface area contributed by atoms with Crippen LogP contribution < -0.4 is 0 Å². The third-order valence-electron chi connectivity index (χ3n) is 5.40. The molecule has 1 aromatic carbocycles. The molecule has 1 aromatic rings. The summed E-state index contributed by atoms with van der Waals surface area (Å²) in [6.45, 7) is 1.97. The molecule has 3 rings (SSSR count). The van der Waals surface area contributed by atoms with Gasteiger partial charge in [-0.1, -0.05) is 12.1 Å². The fourth-order valence-corrected chi connectivity index (χ4v) is 5.51. The molecule has 0 unspecified atom stereocenters. The molecule has 0 amide bonds. The van der Waals surface area contributed by atoms with Gasteiger partial charge in [-0.2, -0.15) is 17.0 Å². The van der Waals surface area contributed by atoms with Gasteiger partial charge in [0.25, 0.3) is 10.2 Å². The first kappa shape index (κ1) is 19.3. The molecule has 0 saturated carbocycles. The molecular formula is C18H26N2O5S. The minimum Gasteiger partial charge on any atom is -0.478 e. The standard InChI is InChI=1S/C18H26N2O5S/c1-25-17-8-11-19(12-9-17)26(23,24)20-10-2-3-16(13-20)14-4-6-15(7-5-14)18(21)22/h4-7,16-17H,2-3,8-13H2,1H3,(H,21,22)/t16-/m1/s1. The first-order valence-electron chi connectivity index (χ1n) is 9.03. The van der Waals surface area contributed by atoms with E-state index in [4.69, 9.17) is 9.84 Å². The maximum Gasteiger partial charge on any atom is 0.335 e. The van der Waals surface area contributed by atoms with Crippen molar-refractivity contribution < 1.29 is 23.1 Å². The van der Waals surface area contributed by atoms with Gasteiger partial charge in [0, 0.05) is 33.3 Å². The number of ether oxygens (including phenoxy) is 1. The Labute approximate surface area is 154 Å². The van der Waals surface area contributed by atoms with Gasteiger partial charge in [-0.05, 0) is 49.3 Å². The maximum atomic E-state index is 13.0.